The van der Waals surface area contributed by atoms with Gasteiger partial charge in [-0.1, -0.05) is 15.9 Å². The minimum atomic E-state index is -0.956. The van der Waals surface area contributed by atoms with Gasteiger partial charge < -0.3 is 14.8 Å². The van der Waals surface area contributed by atoms with Gasteiger partial charge in [0.25, 0.3) is 5.91 Å². The number of halogens is 1. The standard InChI is InChI=1S/C14H14BrNO4/c1-7-3-10(15)5-9-6-11(20-13(7)9)14(19)16-8(2)4-12(17)18/h3,5-6,8H,4H2,1-2H3,(H,16,19)(H,17,18). The molecule has 1 unspecified atom stereocenters. The second-order valence-electron chi connectivity index (χ2n) is 4.72. The molecule has 0 spiro atoms. The van der Waals surface area contributed by atoms with E-state index in [1.807, 2.05) is 19.1 Å². The molecule has 0 radical (unpaired) electrons. The lowest BCUT2D eigenvalue weighted by Crippen LogP contribution is -2.33. The molecule has 6 heteroatoms. The average molecular weight is 340 g/mol. The van der Waals surface area contributed by atoms with E-state index in [0.717, 1.165) is 15.4 Å². The topological polar surface area (TPSA) is 79.5 Å². The van der Waals surface area contributed by atoms with Gasteiger partial charge in [0, 0.05) is 15.9 Å². The zero-order valence-corrected chi connectivity index (χ0v) is 12.7. The summed E-state index contributed by atoms with van der Waals surface area (Å²) in [6.45, 7) is 3.53. The molecule has 0 saturated carbocycles. The van der Waals surface area contributed by atoms with E-state index in [1.165, 1.54) is 0 Å². The molecule has 1 amide bonds. The lowest BCUT2D eigenvalue weighted by atomic mass is 10.2. The molecule has 0 aliphatic carbocycles. The highest BCUT2D eigenvalue weighted by molar-refractivity contribution is 9.10. The van der Waals surface area contributed by atoms with Crippen LogP contribution in [0.4, 0.5) is 0 Å². The molecule has 5 nitrogen and oxygen atoms in total. The average Bonchev–Trinajstić information content (AvgIpc) is 2.71. The van der Waals surface area contributed by atoms with Crippen LogP contribution in [-0.4, -0.2) is 23.0 Å². The normalized spacial score (nSPS) is 12.3. The highest BCUT2D eigenvalue weighted by Crippen LogP contribution is 2.27. The van der Waals surface area contributed by atoms with Crippen LogP contribution < -0.4 is 5.32 Å². The van der Waals surface area contributed by atoms with Crippen LogP contribution in [0.5, 0.6) is 0 Å². The third kappa shape index (κ3) is 3.19. The monoisotopic (exact) mass is 339 g/mol. The second kappa shape index (κ2) is 5.66. The summed E-state index contributed by atoms with van der Waals surface area (Å²) in [4.78, 5) is 22.6. The van der Waals surface area contributed by atoms with E-state index in [4.69, 9.17) is 9.52 Å². The van der Waals surface area contributed by atoms with Gasteiger partial charge in [0.1, 0.15) is 5.58 Å². The van der Waals surface area contributed by atoms with Crippen molar-refractivity contribution < 1.29 is 19.1 Å². The number of amides is 1. The molecule has 0 saturated heterocycles. The van der Waals surface area contributed by atoms with Crippen LogP contribution in [0.25, 0.3) is 11.0 Å². The minimum Gasteiger partial charge on any atom is -0.481 e. The van der Waals surface area contributed by atoms with Crippen molar-refractivity contribution in [1.29, 1.82) is 0 Å². The van der Waals surface area contributed by atoms with Gasteiger partial charge in [0.15, 0.2) is 5.76 Å². The van der Waals surface area contributed by atoms with Crippen molar-refractivity contribution in [3.8, 4) is 0 Å². The van der Waals surface area contributed by atoms with Crippen molar-refractivity contribution in [3.63, 3.8) is 0 Å². The summed E-state index contributed by atoms with van der Waals surface area (Å²) in [5.41, 5.74) is 1.58. The highest BCUT2D eigenvalue weighted by atomic mass is 79.9. The van der Waals surface area contributed by atoms with Gasteiger partial charge in [-0.2, -0.15) is 0 Å². The molecule has 106 valence electrons. The van der Waals surface area contributed by atoms with E-state index >= 15 is 0 Å². The first-order valence-corrected chi connectivity index (χ1v) is 6.88. The Morgan fingerprint density at radius 3 is 2.75 bits per heavy atom. The van der Waals surface area contributed by atoms with Crippen LogP contribution in [0, 0.1) is 6.92 Å². The molecule has 20 heavy (non-hydrogen) atoms. The smallest absolute Gasteiger partial charge is 0.305 e. The number of aryl methyl sites for hydroxylation is 1. The summed E-state index contributed by atoms with van der Waals surface area (Å²) >= 11 is 3.39. The zero-order chi connectivity index (χ0) is 14.9. The van der Waals surface area contributed by atoms with E-state index in [1.54, 1.807) is 13.0 Å². The maximum absolute atomic E-state index is 12.0. The number of rotatable bonds is 4. The Labute approximate surface area is 124 Å². The fourth-order valence-corrected chi connectivity index (χ4v) is 2.59. The number of hydrogen-bond acceptors (Lipinski definition) is 3. The van der Waals surface area contributed by atoms with E-state index in [9.17, 15) is 9.59 Å². The number of benzene rings is 1. The molecule has 0 aliphatic heterocycles. The fourth-order valence-electron chi connectivity index (χ4n) is 2.00. The van der Waals surface area contributed by atoms with Crippen LogP contribution in [0.2, 0.25) is 0 Å². The van der Waals surface area contributed by atoms with Gasteiger partial charge in [0.2, 0.25) is 0 Å². The first kappa shape index (κ1) is 14.6. The molecule has 2 aromatic rings. The summed E-state index contributed by atoms with van der Waals surface area (Å²) < 4.78 is 6.45. The van der Waals surface area contributed by atoms with Crippen molar-refractivity contribution in [3.05, 3.63) is 34.0 Å². The molecular weight excluding hydrogens is 326 g/mol. The number of carbonyl (C=O) groups is 2. The van der Waals surface area contributed by atoms with Gasteiger partial charge in [-0.15, -0.1) is 0 Å². The summed E-state index contributed by atoms with van der Waals surface area (Å²) in [5.74, 6) is -1.19. The van der Waals surface area contributed by atoms with Crippen molar-refractivity contribution in [2.75, 3.05) is 0 Å². The lowest BCUT2D eigenvalue weighted by Gasteiger charge is -2.09. The quantitative estimate of drug-likeness (QED) is 0.896. The summed E-state index contributed by atoms with van der Waals surface area (Å²) in [6, 6.07) is 4.96. The van der Waals surface area contributed by atoms with E-state index in [-0.39, 0.29) is 12.2 Å². The zero-order valence-electron chi connectivity index (χ0n) is 11.1. The Morgan fingerprint density at radius 1 is 1.40 bits per heavy atom. The fraction of sp³-hybridized carbons (Fsp3) is 0.286. The number of carboxylic acids is 1. The van der Waals surface area contributed by atoms with Crippen molar-refractivity contribution in [2.24, 2.45) is 0 Å². The molecular formula is C14H14BrNO4. The first-order chi connectivity index (χ1) is 9.36. The van der Waals surface area contributed by atoms with Gasteiger partial charge >= 0.3 is 5.97 Å². The summed E-state index contributed by atoms with van der Waals surface area (Å²) in [6.07, 6.45) is -0.128. The highest BCUT2D eigenvalue weighted by Gasteiger charge is 2.17. The first-order valence-electron chi connectivity index (χ1n) is 6.09. The molecule has 2 rings (SSSR count). The second-order valence-corrected chi connectivity index (χ2v) is 5.64. The van der Waals surface area contributed by atoms with Gasteiger partial charge in [0.05, 0.1) is 6.42 Å². The molecule has 2 N–H and O–H groups in total. The number of carboxylic acid groups (broad SMARTS) is 1. The Morgan fingerprint density at radius 2 is 2.10 bits per heavy atom. The maximum atomic E-state index is 12.0. The number of hydrogen-bond donors (Lipinski definition) is 2. The third-order valence-corrected chi connectivity index (χ3v) is 3.31. The largest absolute Gasteiger partial charge is 0.481 e. The van der Waals surface area contributed by atoms with Crippen LogP contribution in [0.15, 0.2) is 27.1 Å². The molecule has 1 aromatic carbocycles. The van der Waals surface area contributed by atoms with Crippen molar-refractivity contribution >= 4 is 38.8 Å². The SMILES string of the molecule is Cc1cc(Br)cc2cc(C(=O)NC(C)CC(=O)O)oc12. The van der Waals surface area contributed by atoms with E-state index in [0.29, 0.717) is 5.58 Å². The number of fused-ring (bicyclic) bond motifs is 1. The van der Waals surface area contributed by atoms with Gasteiger partial charge in [-0.3, -0.25) is 9.59 Å². The van der Waals surface area contributed by atoms with Gasteiger partial charge in [-0.05, 0) is 37.6 Å². The van der Waals surface area contributed by atoms with Crippen molar-refractivity contribution in [2.45, 2.75) is 26.3 Å². The molecule has 0 bridgehead atoms. The molecule has 1 atom stereocenters. The lowest BCUT2D eigenvalue weighted by molar-refractivity contribution is -0.137. The van der Waals surface area contributed by atoms with E-state index in [2.05, 4.69) is 21.2 Å². The number of aliphatic carboxylic acids is 1. The predicted molar refractivity (Wildman–Crippen MR) is 77.8 cm³/mol. The minimum absolute atomic E-state index is 0.128. The molecule has 0 fully saturated rings. The van der Waals surface area contributed by atoms with Crippen LogP contribution >= 0.6 is 15.9 Å². The van der Waals surface area contributed by atoms with Crippen molar-refractivity contribution in [1.82, 2.24) is 5.32 Å². The number of carbonyl (C=O) groups excluding carboxylic acids is 1. The molecule has 1 heterocycles. The Kier molecular flexibility index (Phi) is 4.13. The maximum Gasteiger partial charge on any atom is 0.305 e. The van der Waals surface area contributed by atoms with Crippen LogP contribution in [-0.2, 0) is 4.79 Å². The Hall–Kier alpha value is -1.82. The van der Waals surface area contributed by atoms with Crippen LogP contribution in [0.1, 0.15) is 29.5 Å². The number of nitrogens with one attached hydrogen (secondary N) is 1. The Bertz CT molecular complexity index is 677. The van der Waals surface area contributed by atoms with Gasteiger partial charge in [-0.25, -0.2) is 0 Å². The molecule has 1 aromatic heterocycles. The van der Waals surface area contributed by atoms with E-state index < -0.39 is 17.9 Å². The van der Waals surface area contributed by atoms with Crippen LogP contribution in [0.3, 0.4) is 0 Å². The molecule has 0 aliphatic rings. The predicted octanol–water partition coefficient (Wildman–Crippen LogP) is 3.10. The third-order valence-electron chi connectivity index (χ3n) is 2.85. The summed E-state index contributed by atoms with van der Waals surface area (Å²) in [5, 5.41) is 12.1. The Balaban J connectivity index is 2.23. The summed E-state index contributed by atoms with van der Waals surface area (Å²) in [7, 11) is 0. The number of furan rings is 1.